The molecule has 0 spiro atoms. The molecule has 1 aliphatic heterocycles. The van der Waals surface area contributed by atoms with Gasteiger partial charge in [0.15, 0.2) is 0 Å². The Balaban J connectivity index is 1.92. The van der Waals surface area contributed by atoms with Gasteiger partial charge in [0.25, 0.3) is 0 Å². The van der Waals surface area contributed by atoms with E-state index >= 15 is 0 Å². The van der Waals surface area contributed by atoms with Crippen LogP contribution in [0.25, 0.3) is 0 Å². The van der Waals surface area contributed by atoms with Gasteiger partial charge in [-0.15, -0.1) is 11.8 Å². The molecule has 0 radical (unpaired) electrons. The van der Waals surface area contributed by atoms with Crippen LogP contribution in [0.3, 0.4) is 0 Å². The largest absolute Gasteiger partial charge is 0.480 e. The lowest BCUT2D eigenvalue weighted by molar-refractivity contribution is -0.141. The Kier molecular flexibility index (Phi) is 5.55. The maximum atomic E-state index is 12.0. The topological polar surface area (TPSA) is 95.5 Å². The van der Waals surface area contributed by atoms with Crippen molar-refractivity contribution in [1.29, 1.82) is 0 Å². The van der Waals surface area contributed by atoms with Crippen molar-refractivity contribution in [3.05, 3.63) is 28.2 Å². The molecule has 1 aromatic carbocycles. The Bertz CT molecular complexity index is 626. The summed E-state index contributed by atoms with van der Waals surface area (Å²) in [6.45, 7) is 0. The molecular weight excluding hydrogens is 351 g/mol. The maximum absolute atomic E-state index is 12.0. The third-order valence-corrected chi connectivity index (χ3v) is 4.80. The van der Waals surface area contributed by atoms with E-state index in [9.17, 15) is 14.4 Å². The second kappa shape index (κ2) is 7.21. The second-order valence-corrected chi connectivity index (χ2v) is 6.68. The maximum Gasteiger partial charge on any atom is 0.327 e. The molecule has 118 valence electrons. The lowest BCUT2D eigenvalue weighted by Crippen LogP contribution is -2.51. The van der Waals surface area contributed by atoms with Gasteiger partial charge in [0.1, 0.15) is 6.04 Å². The number of rotatable bonds is 4. The molecule has 1 fully saturated rings. The highest BCUT2D eigenvalue weighted by atomic mass is 35.5. The van der Waals surface area contributed by atoms with Crippen molar-refractivity contribution in [1.82, 2.24) is 5.32 Å². The van der Waals surface area contributed by atoms with Gasteiger partial charge in [0, 0.05) is 17.2 Å². The minimum absolute atomic E-state index is 0.0677. The van der Waals surface area contributed by atoms with Crippen molar-refractivity contribution in [3.8, 4) is 0 Å². The molecule has 1 heterocycles. The number of nitrogens with one attached hydrogen (secondary N) is 2. The summed E-state index contributed by atoms with van der Waals surface area (Å²) in [5.74, 6) is -1.70. The van der Waals surface area contributed by atoms with Crippen LogP contribution in [-0.2, 0) is 14.4 Å². The van der Waals surface area contributed by atoms with Crippen LogP contribution in [0.1, 0.15) is 6.42 Å². The number of halogens is 2. The lowest BCUT2D eigenvalue weighted by atomic mass is 10.2. The van der Waals surface area contributed by atoms with Crippen LogP contribution in [0.4, 0.5) is 5.69 Å². The third-order valence-electron chi connectivity index (χ3n) is 2.95. The van der Waals surface area contributed by atoms with Crippen LogP contribution in [0, 0.1) is 0 Å². The molecule has 2 atom stereocenters. The molecule has 9 heteroatoms. The van der Waals surface area contributed by atoms with Gasteiger partial charge in [-0.25, -0.2) is 4.79 Å². The Labute approximate surface area is 140 Å². The number of thioether (sulfide) groups is 1. The Morgan fingerprint density at radius 1 is 1.41 bits per heavy atom. The zero-order valence-electron chi connectivity index (χ0n) is 11.1. The summed E-state index contributed by atoms with van der Waals surface area (Å²) in [7, 11) is 0. The first-order valence-corrected chi connectivity index (χ1v) is 8.07. The normalized spacial score (nSPS) is 21.1. The number of carbonyl (C=O) groups is 3. The third kappa shape index (κ3) is 4.28. The predicted octanol–water partition coefficient (Wildman–Crippen LogP) is 2.01. The van der Waals surface area contributed by atoms with E-state index in [2.05, 4.69) is 10.6 Å². The van der Waals surface area contributed by atoms with Gasteiger partial charge < -0.3 is 15.7 Å². The van der Waals surface area contributed by atoms with Crippen LogP contribution in [0.2, 0.25) is 10.0 Å². The van der Waals surface area contributed by atoms with E-state index in [1.165, 1.54) is 6.07 Å². The standard InChI is InChI=1S/C13H12Cl2N2O4S/c14-6-1-2-8(7(15)3-6)16-11(18)4-10-12(19)17-9(5-22-10)13(20)21/h1-3,9-10H,4-5H2,(H,16,18)(H,17,19)(H,20,21). The van der Waals surface area contributed by atoms with Gasteiger partial charge in [0.2, 0.25) is 11.8 Å². The SMILES string of the molecule is O=C(CC1SCC(C(=O)O)NC1=O)Nc1ccc(Cl)cc1Cl. The number of carboxylic acids is 1. The first-order valence-electron chi connectivity index (χ1n) is 6.26. The summed E-state index contributed by atoms with van der Waals surface area (Å²) in [5.41, 5.74) is 0.403. The summed E-state index contributed by atoms with van der Waals surface area (Å²) in [5, 5.41) is 13.9. The molecule has 1 aromatic rings. The van der Waals surface area contributed by atoms with Crippen molar-refractivity contribution >= 4 is 58.4 Å². The molecule has 1 saturated heterocycles. The summed E-state index contributed by atoms with van der Waals surface area (Å²) >= 11 is 12.9. The first-order chi connectivity index (χ1) is 10.4. The fourth-order valence-electron chi connectivity index (χ4n) is 1.84. The average molecular weight is 363 g/mol. The van der Waals surface area contributed by atoms with Gasteiger partial charge in [-0.2, -0.15) is 0 Å². The zero-order chi connectivity index (χ0) is 16.3. The number of amides is 2. The number of aliphatic carboxylic acids is 1. The number of carboxylic acid groups (broad SMARTS) is 1. The first kappa shape index (κ1) is 16.9. The van der Waals surface area contributed by atoms with Gasteiger partial charge in [-0.1, -0.05) is 23.2 Å². The molecule has 2 rings (SSSR count). The van der Waals surface area contributed by atoms with Gasteiger partial charge in [-0.3, -0.25) is 9.59 Å². The van der Waals surface area contributed by atoms with E-state index in [1.54, 1.807) is 12.1 Å². The van der Waals surface area contributed by atoms with E-state index in [-0.39, 0.29) is 18.1 Å². The van der Waals surface area contributed by atoms with Crippen molar-refractivity contribution in [2.45, 2.75) is 17.7 Å². The summed E-state index contributed by atoms with van der Waals surface area (Å²) in [4.78, 5) is 34.6. The average Bonchev–Trinajstić information content (AvgIpc) is 2.44. The number of anilines is 1. The molecule has 0 aromatic heterocycles. The quantitative estimate of drug-likeness (QED) is 0.761. The molecule has 6 nitrogen and oxygen atoms in total. The fourth-order valence-corrected chi connectivity index (χ4v) is 3.43. The second-order valence-electron chi connectivity index (χ2n) is 4.60. The Morgan fingerprint density at radius 2 is 2.14 bits per heavy atom. The Morgan fingerprint density at radius 3 is 2.73 bits per heavy atom. The molecule has 0 saturated carbocycles. The summed E-state index contributed by atoms with van der Waals surface area (Å²) in [6, 6.07) is 3.74. The van der Waals surface area contributed by atoms with Gasteiger partial charge in [-0.05, 0) is 18.2 Å². The minimum atomic E-state index is -1.09. The zero-order valence-corrected chi connectivity index (χ0v) is 13.5. The van der Waals surface area contributed by atoms with E-state index < -0.39 is 23.2 Å². The lowest BCUT2D eigenvalue weighted by Gasteiger charge is -2.25. The molecule has 0 bridgehead atoms. The van der Waals surface area contributed by atoms with Crippen molar-refractivity contribution in [3.63, 3.8) is 0 Å². The highest BCUT2D eigenvalue weighted by Gasteiger charge is 2.33. The van der Waals surface area contributed by atoms with E-state index in [0.29, 0.717) is 15.7 Å². The molecule has 2 amide bonds. The van der Waals surface area contributed by atoms with Crippen LogP contribution >= 0.6 is 35.0 Å². The highest BCUT2D eigenvalue weighted by Crippen LogP contribution is 2.26. The summed E-state index contributed by atoms with van der Waals surface area (Å²) < 4.78 is 0. The number of carbonyl (C=O) groups excluding carboxylic acids is 2. The number of hydrogen-bond acceptors (Lipinski definition) is 4. The molecular formula is C13H12Cl2N2O4S. The van der Waals surface area contributed by atoms with E-state index in [0.717, 1.165) is 11.8 Å². The van der Waals surface area contributed by atoms with Crippen LogP contribution < -0.4 is 10.6 Å². The number of hydrogen-bond donors (Lipinski definition) is 3. The van der Waals surface area contributed by atoms with Gasteiger partial charge in [0.05, 0.1) is 16.0 Å². The Hall–Kier alpha value is -1.44. The highest BCUT2D eigenvalue weighted by molar-refractivity contribution is 8.00. The smallest absolute Gasteiger partial charge is 0.327 e. The van der Waals surface area contributed by atoms with Crippen LogP contribution in [-0.4, -0.2) is 39.9 Å². The van der Waals surface area contributed by atoms with E-state index in [4.69, 9.17) is 28.3 Å². The molecule has 1 aliphatic rings. The van der Waals surface area contributed by atoms with Gasteiger partial charge >= 0.3 is 5.97 Å². The van der Waals surface area contributed by atoms with E-state index in [1.807, 2.05) is 0 Å². The number of benzene rings is 1. The molecule has 2 unspecified atom stereocenters. The van der Waals surface area contributed by atoms with Crippen molar-refractivity contribution in [2.75, 3.05) is 11.1 Å². The molecule has 0 aliphatic carbocycles. The molecule has 22 heavy (non-hydrogen) atoms. The van der Waals surface area contributed by atoms with Crippen LogP contribution in [0.5, 0.6) is 0 Å². The summed E-state index contributed by atoms with van der Waals surface area (Å²) in [6.07, 6.45) is -0.0677. The monoisotopic (exact) mass is 362 g/mol. The van der Waals surface area contributed by atoms with Crippen molar-refractivity contribution in [2.24, 2.45) is 0 Å². The minimum Gasteiger partial charge on any atom is -0.480 e. The fraction of sp³-hybridized carbons (Fsp3) is 0.308. The molecule has 3 N–H and O–H groups in total. The van der Waals surface area contributed by atoms with Crippen LogP contribution in [0.15, 0.2) is 18.2 Å². The van der Waals surface area contributed by atoms with Crippen molar-refractivity contribution < 1.29 is 19.5 Å². The predicted molar refractivity (Wildman–Crippen MR) is 85.5 cm³/mol.